The second-order valence-corrected chi connectivity index (χ2v) is 8.77. The van der Waals surface area contributed by atoms with E-state index in [9.17, 15) is 14.4 Å². The van der Waals surface area contributed by atoms with Crippen molar-refractivity contribution in [1.29, 1.82) is 0 Å². The third kappa shape index (κ3) is 8.21. The highest BCUT2D eigenvalue weighted by molar-refractivity contribution is 5.96. The van der Waals surface area contributed by atoms with Gasteiger partial charge in [-0.1, -0.05) is 38.7 Å². The third-order valence-electron chi connectivity index (χ3n) is 5.92. The summed E-state index contributed by atoms with van der Waals surface area (Å²) in [5, 5.41) is 8.81. The molecule has 7 heteroatoms. The molecule has 0 aromatic heterocycles. The van der Waals surface area contributed by atoms with E-state index in [-0.39, 0.29) is 24.3 Å². The van der Waals surface area contributed by atoms with Crippen molar-refractivity contribution in [2.24, 2.45) is 0 Å². The van der Waals surface area contributed by atoms with Gasteiger partial charge < -0.3 is 20.9 Å². The van der Waals surface area contributed by atoms with E-state index in [0.29, 0.717) is 23.4 Å². The normalized spacial score (nSPS) is 13.6. The van der Waals surface area contributed by atoms with E-state index >= 15 is 0 Å². The van der Waals surface area contributed by atoms with Gasteiger partial charge in [-0.3, -0.25) is 14.4 Å². The van der Waals surface area contributed by atoms with Gasteiger partial charge in [0.15, 0.2) is 0 Å². The molecule has 182 valence electrons. The number of carbonyl (C=O) groups excluding carboxylic acids is 3. The van der Waals surface area contributed by atoms with Crippen LogP contribution in [0.2, 0.25) is 0 Å². The molecular weight excluding hydrogens is 428 g/mol. The lowest BCUT2D eigenvalue weighted by atomic mass is 10.1. The van der Waals surface area contributed by atoms with Crippen molar-refractivity contribution in [2.75, 3.05) is 35.6 Å². The summed E-state index contributed by atoms with van der Waals surface area (Å²) >= 11 is 0. The molecular formula is C27H36N4O3. The predicted molar refractivity (Wildman–Crippen MR) is 137 cm³/mol. The molecule has 3 rings (SSSR count). The summed E-state index contributed by atoms with van der Waals surface area (Å²) in [6, 6.07) is 14.4. The van der Waals surface area contributed by atoms with Gasteiger partial charge in [-0.2, -0.15) is 0 Å². The van der Waals surface area contributed by atoms with E-state index in [4.69, 9.17) is 0 Å². The summed E-state index contributed by atoms with van der Waals surface area (Å²) in [6.45, 7) is 3.84. The van der Waals surface area contributed by atoms with Gasteiger partial charge in [-0.15, -0.1) is 0 Å². The molecule has 2 aromatic rings. The van der Waals surface area contributed by atoms with Crippen LogP contribution in [0.1, 0.15) is 68.6 Å². The standard InChI is InChI=1S/C27H36N4O3/c1-2-3-6-12-25(32)29-23-10-9-11-24(19-23)30-26(33)20-28-22-15-13-21(14-16-22)27(34)31-17-7-4-5-8-18-31/h9-11,13-16,19,28H,2-8,12,17-18,20H2,1H3,(H,29,32)(H,30,33). The SMILES string of the molecule is CCCCCC(=O)Nc1cccc(NC(=O)CNc2ccc(C(=O)N3CCCCCC3)cc2)c1. The summed E-state index contributed by atoms with van der Waals surface area (Å²) in [5.41, 5.74) is 2.73. The van der Waals surface area contributed by atoms with Gasteiger partial charge in [-0.05, 0) is 61.7 Å². The molecule has 1 aliphatic rings. The van der Waals surface area contributed by atoms with Gasteiger partial charge in [0.1, 0.15) is 0 Å². The summed E-state index contributed by atoms with van der Waals surface area (Å²) in [5.74, 6) is -0.143. The zero-order valence-corrected chi connectivity index (χ0v) is 20.1. The summed E-state index contributed by atoms with van der Waals surface area (Å²) in [6.07, 6.45) is 7.98. The van der Waals surface area contributed by atoms with Crippen LogP contribution in [-0.2, 0) is 9.59 Å². The molecule has 0 spiro atoms. The van der Waals surface area contributed by atoms with Crippen LogP contribution in [0.3, 0.4) is 0 Å². The number of anilines is 3. The Kier molecular flexibility index (Phi) is 9.95. The molecule has 1 saturated heterocycles. The highest BCUT2D eigenvalue weighted by Crippen LogP contribution is 2.17. The van der Waals surface area contributed by atoms with Crippen LogP contribution >= 0.6 is 0 Å². The number of likely N-dealkylation sites (tertiary alicyclic amines) is 1. The van der Waals surface area contributed by atoms with Crippen molar-refractivity contribution < 1.29 is 14.4 Å². The number of hydrogen-bond acceptors (Lipinski definition) is 4. The lowest BCUT2D eigenvalue weighted by Crippen LogP contribution is -2.31. The minimum Gasteiger partial charge on any atom is -0.376 e. The predicted octanol–water partition coefficient (Wildman–Crippen LogP) is 5.27. The Balaban J connectivity index is 1.45. The Morgan fingerprint density at radius 1 is 0.794 bits per heavy atom. The number of nitrogens with one attached hydrogen (secondary N) is 3. The highest BCUT2D eigenvalue weighted by Gasteiger charge is 2.17. The van der Waals surface area contributed by atoms with Crippen molar-refractivity contribution in [2.45, 2.75) is 58.3 Å². The summed E-state index contributed by atoms with van der Waals surface area (Å²) in [7, 11) is 0. The largest absolute Gasteiger partial charge is 0.376 e. The Hall–Kier alpha value is -3.35. The maximum Gasteiger partial charge on any atom is 0.253 e. The van der Waals surface area contributed by atoms with E-state index < -0.39 is 0 Å². The first-order valence-electron chi connectivity index (χ1n) is 12.4. The van der Waals surface area contributed by atoms with Crippen LogP contribution in [0.4, 0.5) is 17.1 Å². The van der Waals surface area contributed by atoms with Gasteiger partial charge in [0.05, 0.1) is 6.54 Å². The smallest absolute Gasteiger partial charge is 0.253 e. The number of hydrogen-bond donors (Lipinski definition) is 3. The fourth-order valence-corrected chi connectivity index (χ4v) is 4.01. The van der Waals surface area contributed by atoms with Gasteiger partial charge >= 0.3 is 0 Å². The zero-order chi connectivity index (χ0) is 24.2. The van der Waals surface area contributed by atoms with Crippen molar-refractivity contribution in [3.63, 3.8) is 0 Å². The molecule has 0 unspecified atom stereocenters. The van der Waals surface area contributed by atoms with Crippen molar-refractivity contribution in [1.82, 2.24) is 4.90 Å². The minimum absolute atomic E-state index is 0.0173. The summed E-state index contributed by atoms with van der Waals surface area (Å²) in [4.78, 5) is 39.0. The molecule has 3 N–H and O–H groups in total. The topological polar surface area (TPSA) is 90.5 Å². The Labute approximate surface area is 202 Å². The number of benzene rings is 2. The highest BCUT2D eigenvalue weighted by atomic mass is 16.2. The van der Waals surface area contributed by atoms with E-state index in [1.807, 2.05) is 17.0 Å². The monoisotopic (exact) mass is 464 g/mol. The lowest BCUT2D eigenvalue weighted by Gasteiger charge is -2.20. The third-order valence-corrected chi connectivity index (χ3v) is 5.92. The number of rotatable bonds is 10. The van der Waals surface area contributed by atoms with E-state index in [1.54, 1.807) is 36.4 Å². The van der Waals surface area contributed by atoms with Crippen LogP contribution in [-0.4, -0.2) is 42.3 Å². The molecule has 2 aromatic carbocycles. The maximum absolute atomic E-state index is 12.7. The Morgan fingerprint density at radius 2 is 1.44 bits per heavy atom. The van der Waals surface area contributed by atoms with E-state index in [1.165, 1.54) is 12.8 Å². The Bertz CT molecular complexity index is 951. The minimum atomic E-state index is -0.198. The molecule has 0 radical (unpaired) electrons. The number of carbonyl (C=O) groups is 3. The maximum atomic E-state index is 12.7. The average molecular weight is 465 g/mol. The fourth-order valence-electron chi connectivity index (χ4n) is 4.01. The molecule has 0 aliphatic carbocycles. The van der Waals surface area contributed by atoms with Gasteiger partial charge in [0.2, 0.25) is 11.8 Å². The van der Waals surface area contributed by atoms with E-state index in [0.717, 1.165) is 50.9 Å². The molecule has 34 heavy (non-hydrogen) atoms. The number of nitrogens with zero attached hydrogens (tertiary/aromatic N) is 1. The molecule has 3 amide bonds. The van der Waals surface area contributed by atoms with Crippen LogP contribution < -0.4 is 16.0 Å². The zero-order valence-electron chi connectivity index (χ0n) is 20.1. The van der Waals surface area contributed by atoms with Crippen LogP contribution in [0.25, 0.3) is 0 Å². The molecule has 1 heterocycles. The van der Waals surface area contributed by atoms with Crippen molar-refractivity contribution >= 4 is 34.8 Å². The first-order chi connectivity index (χ1) is 16.5. The van der Waals surface area contributed by atoms with Gasteiger partial charge in [0, 0.05) is 42.1 Å². The first kappa shape index (κ1) is 25.3. The van der Waals surface area contributed by atoms with E-state index in [2.05, 4.69) is 22.9 Å². The van der Waals surface area contributed by atoms with Crippen molar-refractivity contribution in [3.05, 3.63) is 54.1 Å². The molecule has 0 bridgehead atoms. The van der Waals surface area contributed by atoms with Crippen LogP contribution in [0.15, 0.2) is 48.5 Å². The molecule has 1 fully saturated rings. The average Bonchev–Trinajstić information content (AvgIpc) is 3.13. The molecule has 1 aliphatic heterocycles. The summed E-state index contributed by atoms with van der Waals surface area (Å²) < 4.78 is 0. The van der Waals surface area contributed by atoms with Crippen LogP contribution in [0.5, 0.6) is 0 Å². The first-order valence-corrected chi connectivity index (χ1v) is 12.4. The number of amides is 3. The lowest BCUT2D eigenvalue weighted by molar-refractivity contribution is -0.116. The van der Waals surface area contributed by atoms with Gasteiger partial charge in [0.25, 0.3) is 5.91 Å². The number of unbranched alkanes of at least 4 members (excludes halogenated alkanes) is 2. The quantitative estimate of drug-likeness (QED) is 0.418. The van der Waals surface area contributed by atoms with Crippen LogP contribution in [0, 0.1) is 0 Å². The second-order valence-electron chi connectivity index (χ2n) is 8.77. The second kappa shape index (κ2) is 13.4. The molecule has 0 atom stereocenters. The Morgan fingerprint density at radius 3 is 2.09 bits per heavy atom. The molecule has 7 nitrogen and oxygen atoms in total. The van der Waals surface area contributed by atoms with Crippen molar-refractivity contribution in [3.8, 4) is 0 Å². The van der Waals surface area contributed by atoms with Gasteiger partial charge in [-0.25, -0.2) is 0 Å². The fraction of sp³-hybridized carbons (Fsp3) is 0.444. The molecule has 0 saturated carbocycles.